The van der Waals surface area contributed by atoms with E-state index in [9.17, 15) is 4.79 Å². The van der Waals surface area contributed by atoms with Crippen molar-refractivity contribution in [2.75, 3.05) is 0 Å². The number of hydrogen-bond donors (Lipinski definition) is 0. The molecule has 0 bridgehead atoms. The largest absolute Gasteiger partial charge is 0.304 e. The molecular weight excluding hydrogens is 236 g/mol. The molecule has 0 unspecified atom stereocenters. The van der Waals surface area contributed by atoms with Crippen molar-refractivity contribution in [3.63, 3.8) is 0 Å². The molecule has 0 atom stereocenters. The molecule has 19 heavy (non-hydrogen) atoms. The fourth-order valence-corrected chi connectivity index (χ4v) is 2.35. The van der Waals surface area contributed by atoms with Gasteiger partial charge in [-0.05, 0) is 43.5 Å². The van der Waals surface area contributed by atoms with Crippen LogP contribution in [0.4, 0.5) is 0 Å². The summed E-state index contributed by atoms with van der Waals surface area (Å²) >= 11 is 0. The normalized spacial score (nSPS) is 14.6. The molecule has 3 heteroatoms. The molecule has 1 heterocycles. The lowest BCUT2D eigenvalue weighted by atomic mass is 10.1. The highest BCUT2D eigenvalue weighted by atomic mass is 16.1. The number of aromatic nitrogens is 2. The smallest absolute Gasteiger partial charge is 0.165 e. The van der Waals surface area contributed by atoms with Crippen LogP contribution < -0.4 is 0 Å². The highest BCUT2D eigenvalue weighted by Crippen LogP contribution is 2.32. The van der Waals surface area contributed by atoms with E-state index >= 15 is 0 Å². The van der Waals surface area contributed by atoms with Crippen LogP contribution in [-0.2, 0) is 6.42 Å². The fraction of sp³-hybridized carbons (Fsp3) is 0.375. The van der Waals surface area contributed by atoms with E-state index in [0.717, 1.165) is 42.8 Å². The van der Waals surface area contributed by atoms with Gasteiger partial charge in [0.1, 0.15) is 5.82 Å². The maximum atomic E-state index is 12.0. The Morgan fingerprint density at radius 1 is 1.32 bits per heavy atom. The van der Waals surface area contributed by atoms with Crippen LogP contribution in [0.15, 0.2) is 36.7 Å². The maximum absolute atomic E-state index is 12.0. The van der Waals surface area contributed by atoms with Crippen LogP contribution in [0.3, 0.4) is 0 Å². The van der Waals surface area contributed by atoms with Gasteiger partial charge in [0.25, 0.3) is 0 Å². The van der Waals surface area contributed by atoms with Gasteiger partial charge in [-0.2, -0.15) is 0 Å². The van der Waals surface area contributed by atoms with Crippen molar-refractivity contribution in [3.8, 4) is 5.69 Å². The number of ketones is 1. The van der Waals surface area contributed by atoms with Gasteiger partial charge < -0.3 is 4.57 Å². The summed E-state index contributed by atoms with van der Waals surface area (Å²) in [5.41, 5.74) is 1.91. The zero-order chi connectivity index (χ0) is 13.2. The first-order valence-electron chi connectivity index (χ1n) is 6.96. The van der Waals surface area contributed by atoms with Gasteiger partial charge in [-0.15, -0.1) is 0 Å². The first-order valence-corrected chi connectivity index (χ1v) is 6.96. The van der Waals surface area contributed by atoms with Gasteiger partial charge in [0.15, 0.2) is 5.78 Å². The number of rotatable bonds is 5. The minimum absolute atomic E-state index is 0.287. The Labute approximate surface area is 113 Å². The molecule has 1 aliphatic rings. The zero-order valence-electron chi connectivity index (χ0n) is 11.2. The second-order valence-electron chi connectivity index (χ2n) is 5.15. The van der Waals surface area contributed by atoms with Crippen molar-refractivity contribution in [3.05, 3.63) is 48.0 Å². The third-order valence-corrected chi connectivity index (χ3v) is 3.57. The maximum Gasteiger partial charge on any atom is 0.165 e. The minimum Gasteiger partial charge on any atom is -0.304 e. The van der Waals surface area contributed by atoms with Crippen LogP contribution in [0.1, 0.15) is 42.4 Å². The van der Waals surface area contributed by atoms with Gasteiger partial charge in [-0.3, -0.25) is 4.79 Å². The van der Waals surface area contributed by atoms with Gasteiger partial charge >= 0.3 is 0 Å². The first kappa shape index (κ1) is 12.2. The lowest BCUT2D eigenvalue weighted by Gasteiger charge is -2.08. The standard InChI is InChI=1S/C16H18N2O/c1-2-3-15-17-10-11-18(15)14-8-6-13(7-9-14)16(19)12-4-5-12/h6-12H,2-5H2,1H3. The van der Waals surface area contributed by atoms with Crippen LogP contribution in [-0.4, -0.2) is 15.3 Å². The van der Waals surface area contributed by atoms with Crippen molar-refractivity contribution in [2.24, 2.45) is 5.92 Å². The Morgan fingerprint density at radius 2 is 2.05 bits per heavy atom. The summed E-state index contributed by atoms with van der Waals surface area (Å²) in [6.45, 7) is 2.15. The summed E-state index contributed by atoms with van der Waals surface area (Å²) in [4.78, 5) is 16.3. The first-order chi connectivity index (χ1) is 9.29. The summed E-state index contributed by atoms with van der Waals surface area (Å²) in [7, 11) is 0. The molecule has 3 nitrogen and oxygen atoms in total. The SMILES string of the molecule is CCCc1nccn1-c1ccc(C(=O)C2CC2)cc1. The van der Waals surface area contributed by atoms with E-state index in [4.69, 9.17) is 0 Å². The number of nitrogens with zero attached hydrogens (tertiary/aromatic N) is 2. The Morgan fingerprint density at radius 3 is 2.68 bits per heavy atom. The quantitative estimate of drug-likeness (QED) is 0.766. The van der Waals surface area contributed by atoms with E-state index in [1.54, 1.807) is 0 Å². The number of Topliss-reactive ketones (excluding diaryl/α,β-unsaturated/α-hetero) is 1. The molecule has 1 aliphatic carbocycles. The van der Waals surface area contributed by atoms with E-state index in [0.29, 0.717) is 5.78 Å². The second kappa shape index (κ2) is 5.00. The van der Waals surface area contributed by atoms with E-state index in [-0.39, 0.29) is 5.92 Å². The molecule has 0 amide bonds. The van der Waals surface area contributed by atoms with E-state index in [1.165, 1.54) is 0 Å². The van der Waals surface area contributed by atoms with Crippen LogP contribution in [0.5, 0.6) is 0 Å². The van der Waals surface area contributed by atoms with Gasteiger partial charge in [0, 0.05) is 36.0 Å². The lowest BCUT2D eigenvalue weighted by molar-refractivity contribution is 0.0967. The number of hydrogen-bond acceptors (Lipinski definition) is 2. The van der Waals surface area contributed by atoms with Crippen LogP contribution in [0.2, 0.25) is 0 Å². The number of carbonyl (C=O) groups excluding carboxylic acids is 1. The van der Waals surface area contributed by atoms with Crippen LogP contribution in [0.25, 0.3) is 5.69 Å². The number of carbonyl (C=O) groups is 1. The molecule has 1 fully saturated rings. The van der Waals surface area contributed by atoms with E-state index in [2.05, 4.69) is 16.5 Å². The summed E-state index contributed by atoms with van der Waals surface area (Å²) in [6.07, 6.45) is 7.97. The summed E-state index contributed by atoms with van der Waals surface area (Å²) in [6, 6.07) is 7.89. The number of benzene rings is 1. The molecule has 1 aromatic carbocycles. The summed E-state index contributed by atoms with van der Waals surface area (Å²) < 4.78 is 2.09. The summed E-state index contributed by atoms with van der Waals surface area (Å²) in [5.74, 6) is 1.66. The van der Waals surface area contributed by atoms with Crippen molar-refractivity contribution in [1.29, 1.82) is 0 Å². The average molecular weight is 254 g/mol. The van der Waals surface area contributed by atoms with Crippen molar-refractivity contribution in [1.82, 2.24) is 9.55 Å². The lowest BCUT2D eigenvalue weighted by Crippen LogP contribution is -2.03. The number of imidazole rings is 1. The predicted octanol–water partition coefficient (Wildman–Crippen LogP) is 3.42. The molecule has 1 saturated carbocycles. The molecule has 2 aromatic rings. The predicted molar refractivity (Wildman–Crippen MR) is 74.6 cm³/mol. The highest BCUT2D eigenvalue weighted by molar-refractivity contribution is 5.99. The van der Waals surface area contributed by atoms with Crippen LogP contribution in [0, 0.1) is 5.92 Å². The molecule has 0 saturated heterocycles. The molecule has 0 N–H and O–H groups in total. The van der Waals surface area contributed by atoms with E-state index < -0.39 is 0 Å². The van der Waals surface area contributed by atoms with Gasteiger partial charge in [-0.25, -0.2) is 4.98 Å². The zero-order valence-corrected chi connectivity index (χ0v) is 11.2. The fourth-order valence-electron chi connectivity index (χ4n) is 2.35. The Bertz CT molecular complexity index is 579. The topological polar surface area (TPSA) is 34.9 Å². The van der Waals surface area contributed by atoms with Crippen molar-refractivity contribution >= 4 is 5.78 Å². The minimum atomic E-state index is 0.287. The van der Waals surface area contributed by atoms with Gasteiger partial charge in [0.05, 0.1) is 0 Å². The Kier molecular flexibility index (Phi) is 3.20. The molecule has 0 spiro atoms. The van der Waals surface area contributed by atoms with Gasteiger partial charge in [-0.1, -0.05) is 6.92 Å². The third-order valence-electron chi connectivity index (χ3n) is 3.57. The average Bonchev–Trinajstić information content (AvgIpc) is 3.19. The third kappa shape index (κ3) is 2.46. The molecule has 0 radical (unpaired) electrons. The Balaban J connectivity index is 1.85. The second-order valence-corrected chi connectivity index (χ2v) is 5.15. The summed E-state index contributed by atoms with van der Waals surface area (Å²) in [5, 5.41) is 0. The number of aryl methyl sites for hydroxylation is 1. The Hall–Kier alpha value is -1.90. The van der Waals surface area contributed by atoms with Crippen molar-refractivity contribution < 1.29 is 4.79 Å². The van der Waals surface area contributed by atoms with Crippen LogP contribution >= 0.6 is 0 Å². The molecule has 0 aliphatic heterocycles. The molecule has 98 valence electrons. The molecular formula is C16H18N2O. The van der Waals surface area contributed by atoms with E-state index in [1.807, 2.05) is 36.7 Å². The monoisotopic (exact) mass is 254 g/mol. The highest BCUT2D eigenvalue weighted by Gasteiger charge is 2.30. The van der Waals surface area contributed by atoms with Gasteiger partial charge in [0.2, 0.25) is 0 Å². The molecule has 1 aromatic heterocycles. The van der Waals surface area contributed by atoms with Crippen molar-refractivity contribution in [2.45, 2.75) is 32.6 Å². The molecule has 3 rings (SSSR count).